The number of hydrogen-bond donors (Lipinski definition) is 0. The number of anilines is 1. The summed E-state index contributed by atoms with van der Waals surface area (Å²) in [5.41, 5.74) is 7.92. The van der Waals surface area contributed by atoms with Crippen molar-refractivity contribution in [1.82, 2.24) is 24.3 Å². The standard InChI is InChI=1S/C25H28N6/c1-17(2)24-22(6-5-12-26-24)25-23-16-29(14-15-30(23)19(4)27-25)20-7-9-21(10-8-20)31-13-11-18(3)28-31/h5-13,17H,14-16H2,1-4H3. The maximum absolute atomic E-state index is 4.97. The summed E-state index contributed by atoms with van der Waals surface area (Å²) in [5.74, 6) is 1.43. The van der Waals surface area contributed by atoms with E-state index < -0.39 is 0 Å². The molecule has 0 bridgehead atoms. The molecule has 4 heterocycles. The molecule has 31 heavy (non-hydrogen) atoms. The van der Waals surface area contributed by atoms with Crippen LogP contribution in [0.3, 0.4) is 0 Å². The van der Waals surface area contributed by atoms with Crippen LogP contribution in [0, 0.1) is 13.8 Å². The van der Waals surface area contributed by atoms with Gasteiger partial charge in [0.25, 0.3) is 0 Å². The lowest BCUT2D eigenvalue weighted by molar-refractivity contribution is 0.560. The summed E-state index contributed by atoms with van der Waals surface area (Å²) in [6.07, 6.45) is 3.88. The van der Waals surface area contributed by atoms with Gasteiger partial charge in [-0.2, -0.15) is 5.10 Å². The van der Waals surface area contributed by atoms with Gasteiger partial charge in [0, 0.05) is 36.7 Å². The molecule has 0 unspecified atom stereocenters. The van der Waals surface area contributed by atoms with Gasteiger partial charge in [0.2, 0.25) is 0 Å². The van der Waals surface area contributed by atoms with Crippen molar-refractivity contribution >= 4 is 5.69 Å². The predicted molar refractivity (Wildman–Crippen MR) is 124 cm³/mol. The highest BCUT2D eigenvalue weighted by Crippen LogP contribution is 2.33. The molecule has 1 aliphatic heterocycles. The lowest BCUT2D eigenvalue weighted by Crippen LogP contribution is -2.34. The molecule has 0 saturated heterocycles. The third-order valence-electron chi connectivity index (χ3n) is 6.04. The zero-order chi connectivity index (χ0) is 21.5. The summed E-state index contributed by atoms with van der Waals surface area (Å²) < 4.78 is 4.28. The molecule has 0 amide bonds. The van der Waals surface area contributed by atoms with Gasteiger partial charge in [-0.15, -0.1) is 0 Å². The number of aryl methyl sites for hydroxylation is 2. The van der Waals surface area contributed by atoms with Crippen molar-refractivity contribution in [1.29, 1.82) is 0 Å². The van der Waals surface area contributed by atoms with Crippen molar-refractivity contribution in [2.75, 3.05) is 11.4 Å². The second kappa shape index (κ2) is 7.69. The first-order chi connectivity index (χ1) is 15.0. The predicted octanol–water partition coefficient (Wildman–Crippen LogP) is 4.89. The first kappa shape index (κ1) is 19.5. The molecule has 1 aliphatic rings. The minimum atomic E-state index is 0.354. The topological polar surface area (TPSA) is 51.8 Å². The van der Waals surface area contributed by atoms with Crippen molar-refractivity contribution in [3.8, 4) is 16.9 Å². The lowest BCUT2D eigenvalue weighted by atomic mass is 10.00. The van der Waals surface area contributed by atoms with Gasteiger partial charge in [0.05, 0.1) is 35.0 Å². The number of nitrogens with zero attached hydrogens (tertiary/aromatic N) is 6. The molecular formula is C25H28N6. The highest BCUT2D eigenvalue weighted by molar-refractivity contribution is 5.67. The maximum Gasteiger partial charge on any atom is 0.106 e. The van der Waals surface area contributed by atoms with E-state index in [1.165, 1.54) is 11.4 Å². The second-order valence-corrected chi connectivity index (χ2v) is 8.54. The minimum Gasteiger partial charge on any atom is -0.364 e. The molecule has 0 atom stereocenters. The van der Waals surface area contributed by atoms with Crippen LogP contribution in [0.25, 0.3) is 16.9 Å². The molecule has 1 aromatic carbocycles. The van der Waals surface area contributed by atoms with Crippen molar-refractivity contribution in [3.63, 3.8) is 0 Å². The van der Waals surface area contributed by atoms with E-state index >= 15 is 0 Å². The number of imidazole rings is 1. The van der Waals surface area contributed by atoms with Gasteiger partial charge in [0.15, 0.2) is 0 Å². The van der Waals surface area contributed by atoms with E-state index in [0.717, 1.165) is 53.8 Å². The van der Waals surface area contributed by atoms with Crippen LogP contribution in [-0.2, 0) is 13.1 Å². The van der Waals surface area contributed by atoms with Gasteiger partial charge in [0.1, 0.15) is 5.82 Å². The highest BCUT2D eigenvalue weighted by atomic mass is 15.3. The zero-order valence-corrected chi connectivity index (χ0v) is 18.6. The molecule has 0 fully saturated rings. The lowest BCUT2D eigenvalue weighted by Gasteiger charge is -2.31. The Morgan fingerprint density at radius 3 is 2.42 bits per heavy atom. The Balaban J connectivity index is 1.47. The van der Waals surface area contributed by atoms with Gasteiger partial charge >= 0.3 is 0 Å². The summed E-state index contributed by atoms with van der Waals surface area (Å²) in [6, 6.07) is 14.8. The molecule has 0 radical (unpaired) electrons. The van der Waals surface area contributed by atoms with E-state index in [1.54, 1.807) is 0 Å². The Bertz CT molecular complexity index is 1220. The number of benzene rings is 1. The Morgan fingerprint density at radius 1 is 0.935 bits per heavy atom. The largest absolute Gasteiger partial charge is 0.364 e. The fourth-order valence-corrected chi connectivity index (χ4v) is 4.44. The van der Waals surface area contributed by atoms with Crippen LogP contribution in [0.5, 0.6) is 0 Å². The highest BCUT2D eigenvalue weighted by Gasteiger charge is 2.25. The third kappa shape index (κ3) is 3.52. The molecule has 0 aliphatic carbocycles. The molecular weight excluding hydrogens is 384 g/mol. The number of aromatic nitrogens is 5. The molecule has 3 aromatic heterocycles. The van der Waals surface area contributed by atoms with E-state index in [1.807, 2.05) is 36.1 Å². The van der Waals surface area contributed by atoms with Crippen LogP contribution >= 0.6 is 0 Å². The van der Waals surface area contributed by atoms with Crippen LogP contribution in [0.2, 0.25) is 0 Å². The Kier molecular flexibility index (Phi) is 4.85. The SMILES string of the molecule is Cc1ccn(-c2ccc(N3CCn4c(C)nc(-c5cccnc5C(C)C)c4C3)cc2)n1. The number of hydrogen-bond acceptors (Lipinski definition) is 4. The van der Waals surface area contributed by atoms with Crippen LogP contribution in [0.15, 0.2) is 54.9 Å². The number of rotatable bonds is 4. The van der Waals surface area contributed by atoms with E-state index in [4.69, 9.17) is 4.98 Å². The van der Waals surface area contributed by atoms with E-state index in [9.17, 15) is 0 Å². The smallest absolute Gasteiger partial charge is 0.106 e. The summed E-state index contributed by atoms with van der Waals surface area (Å²) in [5, 5.41) is 4.51. The molecule has 6 heteroatoms. The van der Waals surface area contributed by atoms with Crippen molar-refractivity contribution in [2.45, 2.75) is 46.7 Å². The van der Waals surface area contributed by atoms with Crippen LogP contribution in [0.4, 0.5) is 5.69 Å². The number of pyridine rings is 1. The fourth-order valence-electron chi connectivity index (χ4n) is 4.44. The molecule has 6 nitrogen and oxygen atoms in total. The van der Waals surface area contributed by atoms with Crippen LogP contribution < -0.4 is 4.90 Å². The van der Waals surface area contributed by atoms with Gasteiger partial charge in [-0.3, -0.25) is 4.98 Å². The minimum absolute atomic E-state index is 0.354. The average molecular weight is 413 g/mol. The maximum atomic E-state index is 4.97. The first-order valence-corrected chi connectivity index (χ1v) is 10.9. The van der Waals surface area contributed by atoms with E-state index in [-0.39, 0.29) is 0 Å². The monoisotopic (exact) mass is 412 g/mol. The normalized spacial score (nSPS) is 13.6. The van der Waals surface area contributed by atoms with Crippen molar-refractivity contribution in [2.24, 2.45) is 0 Å². The van der Waals surface area contributed by atoms with E-state index in [0.29, 0.717) is 5.92 Å². The van der Waals surface area contributed by atoms with Crippen LogP contribution in [-0.4, -0.2) is 30.9 Å². The molecule has 4 aromatic rings. The Hall–Kier alpha value is -3.41. The van der Waals surface area contributed by atoms with Crippen molar-refractivity contribution in [3.05, 3.63) is 77.8 Å². The second-order valence-electron chi connectivity index (χ2n) is 8.54. The summed E-state index contributed by atoms with van der Waals surface area (Å²) in [6.45, 7) is 11.2. The summed E-state index contributed by atoms with van der Waals surface area (Å²) in [7, 11) is 0. The Morgan fingerprint density at radius 2 is 1.71 bits per heavy atom. The fraction of sp³-hybridized carbons (Fsp3) is 0.320. The van der Waals surface area contributed by atoms with E-state index in [2.05, 4.69) is 70.7 Å². The third-order valence-corrected chi connectivity index (χ3v) is 6.04. The van der Waals surface area contributed by atoms with Gasteiger partial charge in [-0.05, 0) is 62.2 Å². The number of fused-ring (bicyclic) bond motifs is 1. The molecule has 158 valence electrons. The quantitative estimate of drug-likeness (QED) is 0.479. The molecule has 0 saturated carbocycles. The van der Waals surface area contributed by atoms with Crippen molar-refractivity contribution < 1.29 is 0 Å². The molecule has 0 N–H and O–H groups in total. The molecule has 0 spiro atoms. The van der Waals surface area contributed by atoms with Gasteiger partial charge in [-0.25, -0.2) is 9.67 Å². The zero-order valence-electron chi connectivity index (χ0n) is 18.6. The van der Waals surface area contributed by atoms with Gasteiger partial charge < -0.3 is 9.47 Å². The molecule has 5 rings (SSSR count). The van der Waals surface area contributed by atoms with Crippen LogP contribution in [0.1, 0.15) is 42.7 Å². The van der Waals surface area contributed by atoms with Gasteiger partial charge in [-0.1, -0.05) is 13.8 Å². The average Bonchev–Trinajstić information content (AvgIpc) is 3.37. The summed E-state index contributed by atoms with van der Waals surface area (Å²) in [4.78, 5) is 12.1. The summed E-state index contributed by atoms with van der Waals surface area (Å²) >= 11 is 0. The Labute approximate surface area is 183 Å². The first-order valence-electron chi connectivity index (χ1n) is 10.9.